The maximum Gasteiger partial charge on any atom is 0.162 e. The topological polar surface area (TPSA) is 82.1 Å². The SMILES string of the molecule is CC1CN(C)CCN1c1nnccc1C(=N)N. The number of piperazine rings is 1. The zero-order valence-corrected chi connectivity index (χ0v) is 10.2. The van der Waals surface area contributed by atoms with Crippen LogP contribution in [0.1, 0.15) is 12.5 Å². The number of nitrogens with one attached hydrogen (secondary N) is 1. The number of amidine groups is 1. The molecule has 1 aliphatic heterocycles. The van der Waals surface area contributed by atoms with E-state index >= 15 is 0 Å². The summed E-state index contributed by atoms with van der Waals surface area (Å²) in [5.41, 5.74) is 6.24. The fourth-order valence-electron chi connectivity index (χ4n) is 2.20. The Morgan fingerprint density at radius 2 is 2.29 bits per heavy atom. The van der Waals surface area contributed by atoms with E-state index < -0.39 is 0 Å². The van der Waals surface area contributed by atoms with Crippen LogP contribution >= 0.6 is 0 Å². The summed E-state index contributed by atoms with van der Waals surface area (Å²) in [6, 6.07) is 2.10. The van der Waals surface area contributed by atoms with Crippen molar-refractivity contribution in [3.8, 4) is 0 Å². The molecule has 2 heterocycles. The number of hydrogen-bond acceptors (Lipinski definition) is 5. The van der Waals surface area contributed by atoms with Crippen molar-refractivity contribution in [3.05, 3.63) is 17.8 Å². The van der Waals surface area contributed by atoms with Gasteiger partial charge < -0.3 is 15.5 Å². The van der Waals surface area contributed by atoms with Gasteiger partial charge in [0.25, 0.3) is 0 Å². The zero-order chi connectivity index (χ0) is 12.4. The first-order valence-corrected chi connectivity index (χ1v) is 5.71. The van der Waals surface area contributed by atoms with Gasteiger partial charge >= 0.3 is 0 Å². The minimum Gasteiger partial charge on any atom is -0.384 e. The van der Waals surface area contributed by atoms with E-state index in [0.717, 1.165) is 25.5 Å². The molecule has 6 heteroatoms. The molecule has 0 spiro atoms. The maximum atomic E-state index is 7.57. The van der Waals surface area contributed by atoms with Gasteiger partial charge in [0.05, 0.1) is 11.8 Å². The van der Waals surface area contributed by atoms with Crippen LogP contribution in [-0.2, 0) is 0 Å². The molecule has 0 bridgehead atoms. The highest BCUT2D eigenvalue weighted by Gasteiger charge is 2.25. The van der Waals surface area contributed by atoms with Crippen molar-refractivity contribution in [1.29, 1.82) is 5.41 Å². The minimum atomic E-state index is 0.0426. The van der Waals surface area contributed by atoms with E-state index in [1.54, 1.807) is 12.3 Å². The molecule has 6 nitrogen and oxygen atoms in total. The van der Waals surface area contributed by atoms with Gasteiger partial charge in [0.15, 0.2) is 5.82 Å². The number of rotatable bonds is 2. The molecule has 1 fully saturated rings. The lowest BCUT2D eigenvalue weighted by Gasteiger charge is -2.39. The van der Waals surface area contributed by atoms with E-state index in [1.807, 2.05) is 0 Å². The lowest BCUT2D eigenvalue weighted by atomic mass is 10.1. The minimum absolute atomic E-state index is 0.0426. The molecule has 0 saturated carbocycles. The standard InChI is InChI=1S/C11H18N6/c1-8-7-16(2)5-6-17(8)11-9(10(12)13)3-4-14-15-11/h3-4,8H,5-7H2,1-2H3,(H3,12,13). The third-order valence-electron chi connectivity index (χ3n) is 3.09. The van der Waals surface area contributed by atoms with Crippen molar-refractivity contribution < 1.29 is 0 Å². The lowest BCUT2D eigenvalue weighted by Crippen LogP contribution is -2.51. The Balaban J connectivity index is 2.30. The summed E-state index contributed by atoms with van der Waals surface area (Å²) in [6.45, 7) is 5.00. The monoisotopic (exact) mass is 234 g/mol. The molecule has 1 atom stereocenters. The number of aromatic nitrogens is 2. The van der Waals surface area contributed by atoms with Gasteiger partial charge in [0, 0.05) is 25.7 Å². The molecule has 1 saturated heterocycles. The largest absolute Gasteiger partial charge is 0.384 e. The molecule has 1 aliphatic rings. The summed E-state index contributed by atoms with van der Waals surface area (Å²) in [6.07, 6.45) is 1.57. The van der Waals surface area contributed by atoms with Gasteiger partial charge in [-0.25, -0.2) is 0 Å². The van der Waals surface area contributed by atoms with Gasteiger partial charge in [0.2, 0.25) is 0 Å². The van der Waals surface area contributed by atoms with E-state index in [1.165, 1.54) is 0 Å². The Morgan fingerprint density at radius 1 is 1.53 bits per heavy atom. The Hall–Kier alpha value is -1.69. The quantitative estimate of drug-likeness (QED) is 0.551. The van der Waals surface area contributed by atoms with Crippen LogP contribution in [0.15, 0.2) is 12.3 Å². The highest BCUT2D eigenvalue weighted by atomic mass is 15.3. The van der Waals surface area contributed by atoms with Crippen LogP contribution in [0.4, 0.5) is 5.82 Å². The molecule has 1 unspecified atom stereocenters. The average Bonchev–Trinajstić information content (AvgIpc) is 2.29. The molecule has 0 aromatic carbocycles. The molecular formula is C11H18N6. The molecule has 1 aromatic rings. The predicted molar refractivity (Wildman–Crippen MR) is 67.4 cm³/mol. The van der Waals surface area contributed by atoms with E-state index in [2.05, 4.69) is 34.0 Å². The summed E-state index contributed by atoms with van der Waals surface area (Å²) < 4.78 is 0. The number of nitrogens with two attached hydrogens (primary N) is 1. The number of likely N-dealkylation sites (N-methyl/N-ethyl adjacent to an activating group) is 1. The van der Waals surface area contributed by atoms with Gasteiger partial charge in [-0.15, -0.1) is 5.10 Å². The van der Waals surface area contributed by atoms with E-state index in [9.17, 15) is 0 Å². The first kappa shape index (κ1) is 11.8. The fourth-order valence-corrected chi connectivity index (χ4v) is 2.20. The van der Waals surface area contributed by atoms with Crippen LogP contribution in [0, 0.1) is 5.41 Å². The number of anilines is 1. The fraction of sp³-hybridized carbons (Fsp3) is 0.545. The number of nitrogen functional groups attached to an aromatic ring is 1. The van der Waals surface area contributed by atoms with E-state index in [4.69, 9.17) is 11.1 Å². The predicted octanol–water partition coefficient (Wildman–Crippen LogP) is -0.0990. The summed E-state index contributed by atoms with van der Waals surface area (Å²) in [7, 11) is 2.11. The van der Waals surface area contributed by atoms with Crippen LogP contribution in [0.3, 0.4) is 0 Å². The average molecular weight is 234 g/mol. The van der Waals surface area contributed by atoms with Crippen LogP contribution < -0.4 is 10.6 Å². The smallest absolute Gasteiger partial charge is 0.162 e. The molecular weight excluding hydrogens is 216 g/mol. The van der Waals surface area contributed by atoms with Crippen molar-refractivity contribution >= 4 is 11.7 Å². The van der Waals surface area contributed by atoms with E-state index in [-0.39, 0.29) is 5.84 Å². The van der Waals surface area contributed by atoms with Crippen LogP contribution in [-0.4, -0.2) is 53.7 Å². The highest BCUT2D eigenvalue weighted by molar-refractivity contribution is 5.99. The molecule has 2 rings (SSSR count). The van der Waals surface area contributed by atoms with Gasteiger partial charge in [0.1, 0.15) is 5.84 Å². The maximum absolute atomic E-state index is 7.57. The lowest BCUT2D eigenvalue weighted by molar-refractivity contribution is 0.274. The first-order valence-electron chi connectivity index (χ1n) is 5.71. The summed E-state index contributed by atoms with van der Waals surface area (Å²) in [5.74, 6) is 0.765. The molecule has 0 aliphatic carbocycles. The van der Waals surface area contributed by atoms with Crippen LogP contribution in [0.5, 0.6) is 0 Å². The number of nitrogens with zero attached hydrogens (tertiary/aromatic N) is 4. The van der Waals surface area contributed by atoms with Crippen molar-refractivity contribution in [2.45, 2.75) is 13.0 Å². The normalized spacial score (nSPS) is 21.5. The Kier molecular flexibility index (Phi) is 3.23. The second kappa shape index (κ2) is 4.67. The molecule has 3 N–H and O–H groups in total. The molecule has 0 radical (unpaired) electrons. The highest BCUT2D eigenvalue weighted by Crippen LogP contribution is 2.20. The molecule has 17 heavy (non-hydrogen) atoms. The third-order valence-corrected chi connectivity index (χ3v) is 3.09. The molecule has 92 valence electrons. The van der Waals surface area contributed by atoms with Crippen molar-refractivity contribution in [2.24, 2.45) is 5.73 Å². The second-order valence-corrected chi connectivity index (χ2v) is 4.49. The van der Waals surface area contributed by atoms with Crippen molar-refractivity contribution in [1.82, 2.24) is 15.1 Å². The summed E-state index contributed by atoms with van der Waals surface area (Å²) >= 11 is 0. The summed E-state index contributed by atoms with van der Waals surface area (Å²) in [4.78, 5) is 4.45. The van der Waals surface area contributed by atoms with Crippen molar-refractivity contribution in [3.63, 3.8) is 0 Å². The van der Waals surface area contributed by atoms with Crippen LogP contribution in [0.25, 0.3) is 0 Å². The van der Waals surface area contributed by atoms with Crippen LogP contribution in [0.2, 0.25) is 0 Å². The second-order valence-electron chi connectivity index (χ2n) is 4.49. The first-order chi connectivity index (χ1) is 8.09. The zero-order valence-electron chi connectivity index (χ0n) is 10.2. The Bertz CT molecular complexity index is 418. The van der Waals surface area contributed by atoms with Gasteiger partial charge in [-0.2, -0.15) is 5.10 Å². The van der Waals surface area contributed by atoms with Crippen molar-refractivity contribution in [2.75, 3.05) is 31.6 Å². The third kappa shape index (κ3) is 2.36. The van der Waals surface area contributed by atoms with Gasteiger partial charge in [-0.1, -0.05) is 0 Å². The Labute approximate surface area is 101 Å². The van der Waals surface area contributed by atoms with Gasteiger partial charge in [-0.3, -0.25) is 5.41 Å². The Morgan fingerprint density at radius 3 is 2.94 bits per heavy atom. The molecule has 1 aromatic heterocycles. The summed E-state index contributed by atoms with van der Waals surface area (Å²) in [5, 5.41) is 15.6. The molecule has 0 amide bonds. The van der Waals surface area contributed by atoms with Gasteiger partial charge in [-0.05, 0) is 20.0 Å². The number of hydrogen-bond donors (Lipinski definition) is 2. The van der Waals surface area contributed by atoms with E-state index in [0.29, 0.717) is 11.6 Å².